The van der Waals surface area contributed by atoms with E-state index in [9.17, 15) is 9.59 Å². The van der Waals surface area contributed by atoms with Gasteiger partial charge in [0.05, 0.1) is 43.2 Å². The van der Waals surface area contributed by atoms with Gasteiger partial charge in [-0.3, -0.25) is 9.59 Å². The van der Waals surface area contributed by atoms with Gasteiger partial charge in [-0.2, -0.15) is 15.3 Å². The second-order valence-corrected chi connectivity index (χ2v) is 19.1. The molecule has 0 spiro atoms. The van der Waals surface area contributed by atoms with Gasteiger partial charge in [0.1, 0.15) is 5.69 Å². The molecule has 0 saturated carbocycles. The molecule has 0 fully saturated rings. The molecule has 0 atom stereocenters. The summed E-state index contributed by atoms with van der Waals surface area (Å²) < 4.78 is 0. The van der Waals surface area contributed by atoms with Gasteiger partial charge in [-0.25, -0.2) is 0 Å². The summed E-state index contributed by atoms with van der Waals surface area (Å²) in [7, 11) is 0. The summed E-state index contributed by atoms with van der Waals surface area (Å²) in [6, 6.07) is 5.03. The summed E-state index contributed by atoms with van der Waals surface area (Å²) in [6.45, 7) is 24.1. The molecule has 6 nitrogen and oxygen atoms in total. The number of carbonyl (C=O) groups is 2. The molecule has 2 aromatic rings. The average molecular weight is 815 g/mol. The first-order valence-electron chi connectivity index (χ1n) is 17.1. The Bertz CT molecular complexity index is 2040. The van der Waals surface area contributed by atoms with Crippen LogP contribution in [0.2, 0.25) is 25.1 Å². The van der Waals surface area contributed by atoms with Crippen molar-refractivity contribution in [2.75, 3.05) is 0 Å². The SMILES string of the molecule is CC(C)(C)C1=CC(=C/N=N/c2ccc(-c3c(Cl)c(Cl)c(/N=N/C=C4C=C(C(C)(C)C)C(=O)C(C(C)(C)C)=C4)c(Cl)c3Cl)c(Cl)c2)C=C(C(C)(C)C)C1=O. The molecule has 53 heavy (non-hydrogen) atoms. The smallest absolute Gasteiger partial charge is 0.186 e. The van der Waals surface area contributed by atoms with Crippen LogP contribution in [0.4, 0.5) is 11.4 Å². The second-order valence-electron chi connectivity index (χ2n) is 17.2. The van der Waals surface area contributed by atoms with Crippen LogP contribution in [0.25, 0.3) is 11.1 Å². The zero-order valence-corrected chi connectivity index (χ0v) is 36.0. The monoisotopic (exact) mass is 812 g/mol. The van der Waals surface area contributed by atoms with Gasteiger partial charge in [-0.1, -0.05) is 147 Å². The van der Waals surface area contributed by atoms with Crippen molar-refractivity contribution in [1.29, 1.82) is 0 Å². The molecule has 2 aliphatic carbocycles. The first-order valence-corrected chi connectivity index (χ1v) is 19.0. The lowest BCUT2D eigenvalue weighted by atomic mass is 9.72. The Morgan fingerprint density at radius 2 is 0.868 bits per heavy atom. The molecule has 11 heteroatoms. The number of halogens is 5. The van der Waals surface area contributed by atoms with Gasteiger partial charge in [0, 0.05) is 33.4 Å². The van der Waals surface area contributed by atoms with Crippen molar-refractivity contribution >= 4 is 80.9 Å². The summed E-state index contributed by atoms with van der Waals surface area (Å²) in [4.78, 5) is 26.5. The summed E-state index contributed by atoms with van der Waals surface area (Å²) >= 11 is 33.7. The number of nitrogens with zero attached hydrogens (tertiary/aromatic N) is 4. The number of allylic oxidation sites excluding steroid dienone is 10. The van der Waals surface area contributed by atoms with E-state index < -0.39 is 0 Å². The molecule has 0 heterocycles. The van der Waals surface area contributed by atoms with Crippen LogP contribution in [0.1, 0.15) is 83.1 Å². The summed E-state index contributed by atoms with van der Waals surface area (Å²) in [5.74, 6) is 0.0636. The van der Waals surface area contributed by atoms with E-state index in [1.165, 1.54) is 0 Å². The normalized spacial score (nSPS) is 16.3. The molecule has 0 N–H and O–H groups in total. The Hall–Kier alpha value is -3.13. The molecule has 0 unspecified atom stereocenters. The fourth-order valence-electron chi connectivity index (χ4n) is 5.71. The standard InChI is InChI=1S/C42H45Cl5N4O2/c1-39(2,3)26-15-22(16-27(37(26)52)40(4,5)6)20-48-50-24-13-14-25(30(43)19-24)31-32(44)34(46)36(35(47)33(31)45)51-49-21-23-17-28(41(7,8)9)38(53)29(18-23)42(10,11)12/h13-21H,1-12H3/b50-48+,51-49+. The molecule has 4 rings (SSSR count). The number of Topliss-reactive ketones (excluding diaryl/α,β-unsaturated/α-hetero) is 2. The lowest BCUT2D eigenvalue weighted by Gasteiger charge is -2.31. The predicted octanol–water partition coefficient (Wildman–Crippen LogP) is 15.6. The number of carbonyl (C=O) groups excluding carboxylic acids is 2. The molecule has 2 aliphatic rings. The van der Waals surface area contributed by atoms with Crippen molar-refractivity contribution in [3.63, 3.8) is 0 Å². The van der Waals surface area contributed by atoms with Gasteiger partial charge in [0.15, 0.2) is 11.6 Å². The minimum absolute atomic E-state index is 0.0175. The van der Waals surface area contributed by atoms with Crippen molar-refractivity contribution in [1.82, 2.24) is 0 Å². The summed E-state index contributed by atoms with van der Waals surface area (Å²) in [5.41, 5.74) is 4.20. The van der Waals surface area contributed by atoms with Crippen LogP contribution >= 0.6 is 58.0 Å². The number of benzene rings is 2. The van der Waals surface area contributed by atoms with E-state index in [2.05, 4.69) is 20.5 Å². The molecule has 0 amide bonds. The zero-order chi connectivity index (χ0) is 40.0. The minimum atomic E-state index is -0.374. The Balaban J connectivity index is 1.67. The van der Waals surface area contributed by atoms with Crippen LogP contribution in [0.3, 0.4) is 0 Å². The maximum Gasteiger partial charge on any atom is 0.186 e. The third-order valence-electron chi connectivity index (χ3n) is 8.66. The largest absolute Gasteiger partial charge is 0.289 e. The fourth-order valence-corrected chi connectivity index (χ4v) is 7.10. The third kappa shape index (κ3) is 9.58. The Labute approximate surface area is 338 Å². The summed E-state index contributed by atoms with van der Waals surface area (Å²) in [6.07, 6.45) is 10.5. The molecular formula is C42H45Cl5N4O2. The highest BCUT2D eigenvalue weighted by atomic mass is 35.5. The maximum absolute atomic E-state index is 13.3. The Morgan fingerprint density at radius 3 is 1.21 bits per heavy atom. The lowest BCUT2D eigenvalue weighted by molar-refractivity contribution is -0.114. The Morgan fingerprint density at radius 1 is 0.509 bits per heavy atom. The third-order valence-corrected chi connectivity index (χ3v) is 10.7. The molecule has 280 valence electrons. The fraction of sp³-hybridized carbons (Fsp3) is 0.381. The van der Waals surface area contributed by atoms with Crippen LogP contribution in [0.15, 0.2) is 109 Å². The van der Waals surface area contributed by atoms with E-state index in [4.69, 9.17) is 58.0 Å². The van der Waals surface area contributed by atoms with Crippen molar-refractivity contribution in [3.8, 4) is 11.1 Å². The zero-order valence-electron chi connectivity index (χ0n) is 32.2. The molecule has 0 bridgehead atoms. The van der Waals surface area contributed by atoms with E-state index in [0.29, 0.717) is 33.5 Å². The van der Waals surface area contributed by atoms with Crippen LogP contribution in [0, 0.1) is 21.7 Å². The highest BCUT2D eigenvalue weighted by Crippen LogP contribution is 2.52. The molecule has 0 aromatic heterocycles. The topological polar surface area (TPSA) is 83.6 Å². The maximum atomic E-state index is 13.3. The second kappa shape index (κ2) is 15.5. The van der Waals surface area contributed by atoms with Crippen molar-refractivity contribution in [3.05, 3.63) is 113 Å². The lowest BCUT2D eigenvalue weighted by Crippen LogP contribution is -2.27. The van der Waals surface area contributed by atoms with Crippen LogP contribution in [-0.2, 0) is 9.59 Å². The van der Waals surface area contributed by atoms with E-state index in [0.717, 1.165) is 16.7 Å². The number of hydrogen-bond donors (Lipinski definition) is 0. The van der Waals surface area contributed by atoms with Crippen molar-refractivity contribution in [2.45, 2.75) is 83.1 Å². The molecule has 0 saturated heterocycles. The van der Waals surface area contributed by atoms with E-state index >= 15 is 0 Å². The highest BCUT2D eigenvalue weighted by Gasteiger charge is 2.35. The number of rotatable bonds is 5. The first kappa shape index (κ1) is 42.6. The highest BCUT2D eigenvalue weighted by molar-refractivity contribution is 6.53. The van der Waals surface area contributed by atoms with Gasteiger partial charge in [0.2, 0.25) is 0 Å². The van der Waals surface area contributed by atoms with Crippen molar-refractivity contribution in [2.24, 2.45) is 42.1 Å². The molecular weight excluding hydrogens is 770 g/mol. The molecule has 0 aliphatic heterocycles. The van der Waals surface area contributed by atoms with Gasteiger partial charge >= 0.3 is 0 Å². The van der Waals surface area contributed by atoms with Crippen LogP contribution < -0.4 is 0 Å². The van der Waals surface area contributed by atoms with Gasteiger partial charge in [-0.15, -0.1) is 5.11 Å². The average Bonchev–Trinajstić information content (AvgIpc) is 3.01. The van der Waals surface area contributed by atoms with Crippen LogP contribution in [-0.4, -0.2) is 11.6 Å². The number of azo groups is 2. The first-order chi connectivity index (χ1) is 24.2. The van der Waals surface area contributed by atoms with Gasteiger partial charge in [-0.05, 0) is 69.2 Å². The van der Waals surface area contributed by atoms with Gasteiger partial charge < -0.3 is 0 Å². The predicted molar refractivity (Wildman–Crippen MR) is 222 cm³/mol. The van der Waals surface area contributed by atoms with Gasteiger partial charge in [0.25, 0.3) is 0 Å². The number of hydrogen-bond acceptors (Lipinski definition) is 6. The van der Waals surface area contributed by atoms with Crippen LogP contribution in [0.5, 0.6) is 0 Å². The summed E-state index contributed by atoms with van der Waals surface area (Å²) in [5, 5.41) is 17.7. The molecule has 0 radical (unpaired) electrons. The van der Waals surface area contributed by atoms with E-state index in [-0.39, 0.29) is 64.0 Å². The Kier molecular flexibility index (Phi) is 12.5. The van der Waals surface area contributed by atoms with Crippen molar-refractivity contribution < 1.29 is 9.59 Å². The number of ketones is 2. The van der Waals surface area contributed by atoms with E-state index in [1.807, 2.05) is 107 Å². The quantitative estimate of drug-likeness (QED) is 0.222. The molecule has 2 aromatic carbocycles. The minimum Gasteiger partial charge on any atom is -0.289 e. The van der Waals surface area contributed by atoms with E-state index in [1.54, 1.807) is 30.6 Å².